The summed E-state index contributed by atoms with van der Waals surface area (Å²) in [6.45, 7) is 9.88. The summed E-state index contributed by atoms with van der Waals surface area (Å²) >= 11 is 5.87. The minimum Gasteiger partial charge on any atom is -0.494 e. The lowest BCUT2D eigenvalue weighted by Crippen LogP contribution is -2.46. The number of carbonyl (C=O) groups is 1. The Labute approximate surface area is 201 Å². The van der Waals surface area contributed by atoms with Gasteiger partial charge in [-0.2, -0.15) is 0 Å². The fourth-order valence-electron chi connectivity index (χ4n) is 4.23. The quantitative estimate of drug-likeness (QED) is 0.526. The first-order valence-electron chi connectivity index (χ1n) is 11.6. The molecule has 1 fully saturated rings. The zero-order chi connectivity index (χ0) is 24.0. The van der Waals surface area contributed by atoms with Gasteiger partial charge in [0.2, 0.25) is 5.95 Å². The number of aromatic nitrogens is 2. The number of ether oxygens (including phenoxy) is 1. The van der Waals surface area contributed by atoms with Crippen LogP contribution in [0.4, 0.5) is 5.95 Å². The molecule has 1 aromatic carbocycles. The molecule has 180 valence electrons. The second-order valence-corrected chi connectivity index (χ2v) is 9.99. The number of aliphatic hydroxyl groups excluding tert-OH is 1. The van der Waals surface area contributed by atoms with Crippen LogP contribution in [0.3, 0.4) is 0 Å². The molecule has 1 amide bonds. The molecule has 1 aliphatic rings. The van der Waals surface area contributed by atoms with Crippen molar-refractivity contribution < 1.29 is 14.6 Å². The summed E-state index contributed by atoms with van der Waals surface area (Å²) in [5.74, 6) is 2.05. The number of aliphatic hydroxyl groups is 1. The van der Waals surface area contributed by atoms with Crippen LogP contribution in [0.25, 0.3) is 0 Å². The van der Waals surface area contributed by atoms with Crippen LogP contribution in [-0.2, 0) is 0 Å². The molecule has 1 aromatic heterocycles. The number of hydrogen-bond donors (Lipinski definition) is 2. The number of benzene rings is 1. The number of amides is 1. The molecule has 0 unspecified atom stereocenters. The normalized spacial score (nSPS) is 14.9. The highest BCUT2D eigenvalue weighted by atomic mass is 35.5. The minimum atomic E-state index is -0.664. The van der Waals surface area contributed by atoms with Gasteiger partial charge in [-0.05, 0) is 82.6 Å². The van der Waals surface area contributed by atoms with Gasteiger partial charge in [0, 0.05) is 18.7 Å². The van der Waals surface area contributed by atoms with Crippen LogP contribution < -0.4 is 15.0 Å². The molecule has 0 radical (unpaired) electrons. The van der Waals surface area contributed by atoms with Crippen LogP contribution in [0.15, 0.2) is 24.5 Å². The summed E-state index contributed by atoms with van der Waals surface area (Å²) in [6, 6.07) is 3.83. The summed E-state index contributed by atoms with van der Waals surface area (Å²) in [4.78, 5) is 23.5. The number of nitrogens with one attached hydrogen (secondary N) is 1. The average Bonchev–Trinajstić information content (AvgIpc) is 2.77. The van der Waals surface area contributed by atoms with Crippen LogP contribution in [0.5, 0.6) is 5.75 Å². The highest BCUT2D eigenvalue weighted by Crippen LogP contribution is 2.26. The summed E-state index contributed by atoms with van der Waals surface area (Å²) in [7, 11) is 0. The smallest absolute Gasteiger partial charge is 0.252 e. The van der Waals surface area contributed by atoms with E-state index in [0.29, 0.717) is 23.1 Å². The van der Waals surface area contributed by atoms with E-state index in [-0.39, 0.29) is 12.5 Å². The van der Waals surface area contributed by atoms with Crippen molar-refractivity contribution in [3.63, 3.8) is 0 Å². The van der Waals surface area contributed by atoms with Crippen LogP contribution in [0, 0.1) is 19.8 Å². The Morgan fingerprint density at radius 2 is 1.82 bits per heavy atom. The molecule has 1 aliphatic heterocycles. The van der Waals surface area contributed by atoms with E-state index < -0.39 is 5.54 Å². The number of carbonyl (C=O) groups excluding carboxylic acids is 1. The molecule has 0 spiro atoms. The third-order valence-corrected chi connectivity index (χ3v) is 6.31. The van der Waals surface area contributed by atoms with Crippen LogP contribution in [0.2, 0.25) is 5.02 Å². The van der Waals surface area contributed by atoms with Gasteiger partial charge in [0.15, 0.2) is 0 Å². The van der Waals surface area contributed by atoms with E-state index in [4.69, 9.17) is 16.3 Å². The lowest BCUT2D eigenvalue weighted by atomic mass is 9.92. The van der Waals surface area contributed by atoms with E-state index in [2.05, 4.69) is 20.2 Å². The lowest BCUT2D eigenvalue weighted by Gasteiger charge is -2.32. The summed E-state index contributed by atoms with van der Waals surface area (Å²) in [5.41, 5.74) is 1.71. The number of piperidine rings is 1. The maximum atomic E-state index is 12.7. The van der Waals surface area contributed by atoms with E-state index >= 15 is 0 Å². The van der Waals surface area contributed by atoms with Gasteiger partial charge in [-0.3, -0.25) is 4.79 Å². The fraction of sp³-hybridized carbons (Fsp3) is 0.560. The number of nitrogens with zero attached hydrogens (tertiary/aromatic N) is 3. The molecular weight excluding hydrogens is 440 g/mol. The number of anilines is 1. The molecule has 33 heavy (non-hydrogen) atoms. The maximum Gasteiger partial charge on any atom is 0.252 e. The van der Waals surface area contributed by atoms with E-state index in [9.17, 15) is 9.90 Å². The number of rotatable bonds is 9. The second kappa shape index (κ2) is 11.2. The van der Waals surface area contributed by atoms with E-state index in [1.165, 1.54) is 0 Å². The first-order valence-corrected chi connectivity index (χ1v) is 12.0. The monoisotopic (exact) mass is 474 g/mol. The van der Waals surface area contributed by atoms with Gasteiger partial charge in [-0.15, -0.1) is 0 Å². The molecule has 0 aliphatic carbocycles. The highest BCUT2D eigenvalue weighted by molar-refractivity contribution is 6.30. The first-order chi connectivity index (χ1) is 15.7. The van der Waals surface area contributed by atoms with Gasteiger partial charge in [0.1, 0.15) is 5.75 Å². The lowest BCUT2D eigenvalue weighted by molar-refractivity contribution is 0.0868. The Morgan fingerprint density at radius 1 is 1.21 bits per heavy atom. The van der Waals surface area contributed by atoms with Crippen molar-refractivity contribution in [1.29, 1.82) is 0 Å². The third kappa shape index (κ3) is 7.05. The fourth-order valence-corrected chi connectivity index (χ4v) is 4.32. The number of hydrogen-bond acceptors (Lipinski definition) is 6. The molecule has 0 atom stereocenters. The van der Waals surface area contributed by atoms with Gasteiger partial charge in [-0.25, -0.2) is 9.97 Å². The zero-order valence-corrected chi connectivity index (χ0v) is 20.8. The van der Waals surface area contributed by atoms with Gasteiger partial charge in [0.05, 0.1) is 36.2 Å². The van der Waals surface area contributed by atoms with Gasteiger partial charge in [0.25, 0.3) is 5.91 Å². The van der Waals surface area contributed by atoms with E-state index in [1.807, 2.05) is 26.0 Å². The number of aryl methyl sites for hydroxylation is 2. The van der Waals surface area contributed by atoms with Gasteiger partial charge < -0.3 is 20.1 Å². The molecule has 2 N–H and O–H groups in total. The molecule has 1 saturated heterocycles. The standard InChI is InChI=1S/C25H35ClN4O3/c1-17-12-21(13-18(2)22(17)23(32)29-25(3,4)16-31)33-11-5-6-19-7-9-30(10-8-19)24-27-14-20(26)15-28-24/h12-15,19,31H,5-11,16H2,1-4H3,(H,29,32). The Balaban J connectivity index is 1.44. The Hall–Kier alpha value is -2.38. The SMILES string of the molecule is Cc1cc(OCCCC2CCN(c3ncc(Cl)cn3)CC2)cc(C)c1C(=O)NC(C)(C)CO. The predicted octanol–water partition coefficient (Wildman–Crippen LogP) is 4.32. The predicted molar refractivity (Wildman–Crippen MR) is 131 cm³/mol. The Bertz CT molecular complexity index is 918. The third-order valence-electron chi connectivity index (χ3n) is 6.11. The van der Waals surface area contributed by atoms with Crippen molar-refractivity contribution >= 4 is 23.5 Å². The average molecular weight is 475 g/mol. The molecule has 3 rings (SSSR count). The first kappa shape index (κ1) is 25.2. The van der Waals surface area contributed by atoms with Crippen molar-refractivity contribution in [3.05, 3.63) is 46.2 Å². The molecule has 2 heterocycles. The molecule has 7 nitrogen and oxygen atoms in total. The largest absolute Gasteiger partial charge is 0.494 e. The Kier molecular flexibility index (Phi) is 8.54. The zero-order valence-electron chi connectivity index (χ0n) is 20.0. The van der Waals surface area contributed by atoms with Crippen molar-refractivity contribution in [2.24, 2.45) is 5.92 Å². The van der Waals surface area contributed by atoms with Crippen molar-refractivity contribution in [2.45, 2.75) is 58.9 Å². The summed E-state index contributed by atoms with van der Waals surface area (Å²) < 4.78 is 6.00. The van der Waals surface area contributed by atoms with E-state index in [1.54, 1.807) is 26.2 Å². The molecule has 0 bridgehead atoms. The molecule has 2 aromatic rings. The summed E-state index contributed by atoms with van der Waals surface area (Å²) in [5, 5.41) is 12.9. The van der Waals surface area contributed by atoms with Crippen LogP contribution >= 0.6 is 11.6 Å². The van der Waals surface area contributed by atoms with Crippen molar-refractivity contribution in [1.82, 2.24) is 15.3 Å². The second-order valence-electron chi connectivity index (χ2n) is 9.55. The van der Waals surface area contributed by atoms with Gasteiger partial charge in [-0.1, -0.05) is 11.6 Å². The molecule has 0 saturated carbocycles. The molecule has 8 heteroatoms. The maximum absolute atomic E-state index is 12.7. The van der Waals surface area contributed by atoms with E-state index in [0.717, 1.165) is 61.6 Å². The summed E-state index contributed by atoms with van der Waals surface area (Å²) in [6.07, 6.45) is 7.66. The minimum absolute atomic E-state index is 0.119. The number of halogens is 1. The highest BCUT2D eigenvalue weighted by Gasteiger charge is 2.23. The van der Waals surface area contributed by atoms with Crippen LogP contribution in [0.1, 0.15) is 61.0 Å². The van der Waals surface area contributed by atoms with Crippen molar-refractivity contribution in [3.8, 4) is 5.75 Å². The Morgan fingerprint density at radius 3 is 2.39 bits per heavy atom. The van der Waals surface area contributed by atoms with Gasteiger partial charge >= 0.3 is 0 Å². The molecular formula is C25H35ClN4O3. The topological polar surface area (TPSA) is 87.6 Å². The van der Waals surface area contributed by atoms with Crippen molar-refractivity contribution in [2.75, 3.05) is 31.2 Å². The van der Waals surface area contributed by atoms with Crippen LogP contribution in [-0.4, -0.2) is 52.8 Å².